The molecule has 1 aromatic heterocycles. The number of nitrogens with zero attached hydrogens (tertiary/aromatic N) is 3. The van der Waals surface area contributed by atoms with Gasteiger partial charge in [-0.15, -0.1) is 0 Å². The molecule has 1 N–H and O–H groups in total. The van der Waals surface area contributed by atoms with Crippen molar-refractivity contribution in [3.8, 4) is 0 Å². The first kappa shape index (κ1) is 16.5. The lowest BCUT2D eigenvalue weighted by atomic mass is 10.1. The van der Waals surface area contributed by atoms with Crippen molar-refractivity contribution in [2.45, 2.75) is 19.9 Å². The lowest BCUT2D eigenvalue weighted by Gasteiger charge is -2.34. The van der Waals surface area contributed by atoms with Gasteiger partial charge in [0.15, 0.2) is 0 Å². The third kappa shape index (κ3) is 4.11. The van der Waals surface area contributed by atoms with Gasteiger partial charge in [0.25, 0.3) is 0 Å². The molecule has 2 heterocycles. The molecule has 0 bridgehead atoms. The van der Waals surface area contributed by atoms with Crippen LogP contribution in [-0.2, 0) is 13.0 Å². The van der Waals surface area contributed by atoms with E-state index in [2.05, 4.69) is 28.2 Å². The van der Waals surface area contributed by atoms with E-state index in [0.717, 1.165) is 50.5 Å². The van der Waals surface area contributed by atoms with E-state index in [1.165, 1.54) is 5.56 Å². The number of rotatable bonds is 4. The summed E-state index contributed by atoms with van der Waals surface area (Å²) in [6.45, 7) is 6.18. The van der Waals surface area contributed by atoms with Crippen molar-refractivity contribution in [1.82, 2.24) is 14.8 Å². The molecule has 0 aliphatic carbocycles. The highest BCUT2D eigenvalue weighted by Crippen LogP contribution is 2.16. The summed E-state index contributed by atoms with van der Waals surface area (Å²) in [5, 5.41) is 3.05. The minimum Gasteiger partial charge on any atom is -0.322 e. The molecule has 1 aliphatic heterocycles. The Morgan fingerprint density at radius 2 is 1.83 bits per heavy atom. The average Bonchev–Trinajstić information content (AvgIpc) is 2.63. The Bertz CT molecular complexity index is 666. The fourth-order valence-electron chi connectivity index (χ4n) is 2.97. The topological polar surface area (TPSA) is 48.5 Å². The smallest absolute Gasteiger partial charge is 0.321 e. The van der Waals surface area contributed by atoms with Crippen LogP contribution in [0.1, 0.15) is 18.2 Å². The van der Waals surface area contributed by atoms with Crippen molar-refractivity contribution >= 4 is 11.7 Å². The van der Waals surface area contributed by atoms with Crippen LogP contribution in [0.15, 0.2) is 48.7 Å². The number of aryl methyl sites for hydroxylation is 1. The van der Waals surface area contributed by atoms with Crippen molar-refractivity contribution in [1.29, 1.82) is 0 Å². The Morgan fingerprint density at radius 3 is 2.54 bits per heavy atom. The summed E-state index contributed by atoms with van der Waals surface area (Å²) in [6.07, 6.45) is 2.73. The molecule has 0 atom stereocenters. The van der Waals surface area contributed by atoms with E-state index in [1.807, 2.05) is 47.5 Å². The van der Waals surface area contributed by atoms with E-state index in [1.54, 1.807) is 0 Å². The van der Waals surface area contributed by atoms with Gasteiger partial charge in [0.1, 0.15) is 0 Å². The number of hydrogen-bond acceptors (Lipinski definition) is 3. The zero-order chi connectivity index (χ0) is 16.8. The van der Waals surface area contributed by atoms with E-state index in [9.17, 15) is 4.79 Å². The average molecular weight is 324 g/mol. The molecule has 0 saturated carbocycles. The van der Waals surface area contributed by atoms with Crippen molar-refractivity contribution in [2.75, 3.05) is 31.5 Å². The van der Waals surface area contributed by atoms with E-state index in [-0.39, 0.29) is 6.03 Å². The maximum Gasteiger partial charge on any atom is 0.321 e. The van der Waals surface area contributed by atoms with Crippen LogP contribution in [0.25, 0.3) is 0 Å². The van der Waals surface area contributed by atoms with E-state index < -0.39 is 0 Å². The van der Waals surface area contributed by atoms with E-state index in [4.69, 9.17) is 0 Å². The number of urea groups is 1. The largest absolute Gasteiger partial charge is 0.322 e. The number of pyridine rings is 1. The van der Waals surface area contributed by atoms with Crippen LogP contribution in [0.5, 0.6) is 0 Å². The molecule has 1 saturated heterocycles. The molecular weight excluding hydrogens is 300 g/mol. The number of carbonyl (C=O) groups is 1. The van der Waals surface area contributed by atoms with Crippen LogP contribution in [-0.4, -0.2) is 47.0 Å². The van der Waals surface area contributed by atoms with Crippen LogP contribution in [0.4, 0.5) is 10.5 Å². The summed E-state index contributed by atoms with van der Waals surface area (Å²) in [7, 11) is 0. The van der Waals surface area contributed by atoms with Gasteiger partial charge in [-0.05, 0) is 30.2 Å². The number of amides is 2. The SMILES string of the molecule is CCc1ccccc1NC(=O)N1CCN(Cc2ccccn2)CC1. The van der Waals surface area contributed by atoms with Crippen molar-refractivity contribution < 1.29 is 4.79 Å². The minimum atomic E-state index is -0.00612. The third-order valence-corrected chi connectivity index (χ3v) is 4.41. The second kappa shape index (κ2) is 7.93. The molecule has 126 valence electrons. The number of nitrogens with one attached hydrogen (secondary N) is 1. The highest BCUT2D eigenvalue weighted by molar-refractivity contribution is 5.90. The zero-order valence-electron chi connectivity index (χ0n) is 14.1. The monoisotopic (exact) mass is 324 g/mol. The number of piperazine rings is 1. The predicted octanol–water partition coefficient (Wildman–Crippen LogP) is 2.99. The number of benzene rings is 1. The van der Waals surface area contributed by atoms with Gasteiger partial charge >= 0.3 is 6.03 Å². The van der Waals surface area contributed by atoms with Crippen molar-refractivity contribution in [2.24, 2.45) is 0 Å². The first-order valence-corrected chi connectivity index (χ1v) is 8.52. The lowest BCUT2D eigenvalue weighted by molar-refractivity contribution is 0.142. The van der Waals surface area contributed by atoms with Gasteiger partial charge in [0.05, 0.1) is 5.69 Å². The molecule has 0 spiro atoms. The van der Waals surface area contributed by atoms with Gasteiger partial charge in [0.2, 0.25) is 0 Å². The first-order valence-electron chi connectivity index (χ1n) is 8.52. The number of para-hydroxylation sites is 1. The van der Waals surface area contributed by atoms with Gasteiger partial charge in [-0.25, -0.2) is 4.79 Å². The molecule has 0 unspecified atom stereocenters. The van der Waals surface area contributed by atoms with Gasteiger partial charge in [-0.2, -0.15) is 0 Å². The summed E-state index contributed by atoms with van der Waals surface area (Å²) in [6, 6.07) is 14.0. The Kier molecular flexibility index (Phi) is 5.43. The normalized spacial score (nSPS) is 15.3. The minimum absolute atomic E-state index is 0.00612. The molecule has 3 rings (SSSR count). The molecular formula is C19H24N4O. The van der Waals surface area contributed by atoms with Gasteiger partial charge in [-0.1, -0.05) is 31.2 Å². The van der Waals surface area contributed by atoms with Crippen LogP contribution in [0, 0.1) is 0 Å². The van der Waals surface area contributed by atoms with Gasteiger partial charge in [-0.3, -0.25) is 9.88 Å². The first-order chi connectivity index (χ1) is 11.8. The fourth-order valence-corrected chi connectivity index (χ4v) is 2.97. The molecule has 24 heavy (non-hydrogen) atoms. The molecule has 1 fully saturated rings. The van der Waals surface area contributed by atoms with Crippen LogP contribution in [0.3, 0.4) is 0 Å². The zero-order valence-corrected chi connectivity index (χ0v) is 14.1. The fraction of sp³-hybridized carbons (Fsp3) is 0.368. The Hall–Kier alpha value is -2.40. The molecule has 1 aromatic carbocycles. The lowest BCUT2D eigenvalue weighted by Crippen LogP contribution is -2.49. The van der Waals surface area contributed by atoms with Crippen LogP contribution >= 0.6 is 0 Å². The van der Waals surface area contributed by atoms with Gasteiger partial charge in [0, 0.05) is 44.6 Å². The maximum atomic E-state index is 12.5. The molecule has 2 aromatic rings. The third-order valence-electron chi connectivity index (χ3n) is 4.41. The predicted molar refractivity (Wildman–Crippen MR) is 95.9 cm³/mol. The Labute approximate surface area is 143 Å². The van der Waals surface area contributed by atoms with E-state index >= 15 is 0 Å². The number of carbonyl (C=O) groups excluding carboxylic acids is 1. The van der Waals surface area contributed by atoms with Gasteiger partial charge < -0.3 is 10.2 Å². The second-order valence-corrected chi connectivity index (χ2v) is 6.03. The van der Waals surface area contributed by atoms with Crippen molar-refractivity contribution in [3.63, 3.8) is 0 Å². The number of aromatic nitrogens is 1. The number of hydrogen-bond donors (Lipinski definition) is 1. The highest BCUT2D eigenvalue weighted by Gasteiger charge is 2.21. The maximum absolute atomic E-state index is 12.5. The van der Waals surface area contributed by atoms with Crippen LogP contribution < -0.4 is 5.32 Å². The summed E-state index contributed by atoms with van der Waals surface area (Å²) in [5.41, 5.74) is 3.16. The molecule has 2 amide bonds. The summed E-state index contributed by atoms with van der Waals surface area (Å²) >= 11 is 0. The Morgan fingerprint density at radius 1 is 1.08 bits per heavy atom. The summed E-state index contributed by atoms with van der Waals surface area (Å²) in [5.74, 6) is 0. The quantitative estimate of drug-likeness (QED) is 0.940. The molecule has 5 nitrogen and oxygen atoms in total. The standard InChI is InChI=1S/C19H24N4O/c1-2-16-7-3-4-9-18(16)21-19(24)23-13-11-22(12-14-23)15-17-8-5-6-10-20-17/h3-10H,2,11-15H2,1H3,(H,21,24). The molecule has 1 aliphatic rings. The van der Waals surface area contributed by atoms with E-state index in [0.29, 0.717) is 0 Å². The summed E-state index contributed by atoms with van der Waals surface area (Å²) in [4.78, 5) is 21.1. The molecule has 5 heteroatoms. The highest BCUT2D eigenvalue weighted by atomic mass is 16.2. The van der Waals surface area contributed by atoms with Crippen molar-refractivity contribution in [3.05, 3.63) is 59.9 Å². The Balaban J connectivity index is 1.52. The van der Waals surface area contributed by atoms with Crippen LogP contribution in [0.2, 0.25) is 0 Å². The number of anilines is 1. The second-order valence-electron chi connectivity index (χ2n) is 6.03. The summed E-state index contributed by atoms with van der Waals surface area (Å²) < 4.78 is 0. The molecule has 0 radical (unpaired) electrons.